The van der Waals surface area contributed by atoms with Gasteiger partial charge in [0.05, 0.1) is 0 Å². The highest BCUT2D eigenvalue weighted by Crippen LogP contribution is 2.69. The van der Waals surface area contributed by atoms with Crippen molar-refractivity contribution in [2.45, 2.75) is 19.3 Å². The maximum atomic E-state index is 11.4. The predicted molar refractivity (Wildman–Crippen MR) is 45.1 cm³/mol. The molecule has 0 saturated heterocycles. The number of hydrogen-bond donors (Lipinski definition) is 1. The summed E-state index contributed by atoms with van der Waals surface area (Å²) in [5, 5.41) is 10.6. The quantitative estimate of drug-likeness (QED) is 0.476. The highest BCUT2D eigenvalue weighted by Gasteiger charge is 2.67. The van der Waals surface area contributed by atoms with E-state index in [2.05, 4.69) is 5.32 Å². The van der Waals surface area contributed by atoms with Gasteiger partial charge in [0, 0.05) is 5.92 Å². The Morgan fingerprint density at radius 1 is 1.31 bits per heavy atom. The first-order chi connectivity index (χ1) is 6.33. The number of nitriles is 1. The van der Waals surface area contributed by atoms with Crippen molar-refractivity contribution in [1.29, 1.82) is 5.26 Å². The lowest BCUT2D eigenvalue weighted by Gasteiger charge is -2.05. The largest absolute Gasteiger partial charge is 0.274 e. The van der Waals surface area contributed by atoms with Gasteiger partial charge in [0.1, 0.15) is 0 Å². The van der Waals surface area contributed by atoms with Crippen LogP contribution in [-0.2, 0) is 4.79 Å². The van der Waals surface area contributed by atoms with Gasteiger partial charge in [-0.2, -0.15) is 5.26 Å². The lowest BCUT2D eigenvalue weighted by Crippen LogP contribution is -2.22. The number of amides is 1. The standard InChI is InChI=1S/C10H12N2O/c11-4-12-10(13)9-7-5-1-2-6(3-5)8(7)9/h5-9H,1-3H2,(H,12,13). The Morgan fingerprint density at radius 3 is 2.46 bits per heavy atom. The van der Waals surface area contributed by atoms with E-state index < -0.39 is 0 Å². The molecule has 4 atom stereocenters. The van der Waals surface area contributed by atoms with Crippen molar-refractivity contribution < 1.29 is 4.79 Å². The number of rotatable bonds is 1. The van der Waals surface area contributed by atoms with Gasteiger partial charge in [-0.25, -0.2) is 0 Å². The third-order valence-corrected chi connectivity index (χ3v) is 4.22. The predicted octanol–water partition coefficient (Wildman–Crippen LogP) is 0.876. The molecule has 0 aromatic rings. The average Bonchev–Trinajstić information content (AvgIpc) is 2.57. The number of hydrogen-bond acceptors (Lipinski definition) is 2. The van der Waals surface area contributed by atoms with E-state index in [4.69, 9.17) is 5.26 Å². The molecule has 0 aliphatic heterocycles. The highest BCUT2D eigenvalue weighted by atomic mass is 16.2. The Bertz CT molecular complexity index is 291. The topological polar surface area (TPSA) is 52.9 Å². The van der Waals surface area contributed by atoms with Crippen LogP contribution in [-0.4, -0.2) is 5.91 Å². The summed E-state index contributed by atoms with van der Waals surface area (Å²) in [6.07, 6.45) is 5.72. The third-order valence-electron chi connectivity index (χ3n) is 4.22. The van der Waals surface area contributed by atoms with Crippen LogP contribution in [0.3, 0.4) is 0 Å². The lowest BCUT2D eigenvalue weighted by molar-refractivity contribution is -0.122. The molecule has 0 spiro atoms. The van der Waals surface area contributed by atoms with Crippen molar-refractivity contribution in [3.63, 3.8) is 0 Å². The highest BCUT2D eigenvalue weighted by molar-refractivity contribution is 5.83. The van der Waals surface area contributed by atoms with E-state index in [0.717, 1.165) is 11.8 Å². The van der Waals surface area contributed by atoms with E-state index in [1.807, 2.05) is 0 Å². The van der Waals surface area contributed by atoms with Gasteiger partial charge in [-0.1, -0.05) is 0 Å². The first kappa shape index (κ1) is 7.37. The van der Waals surface area contributed by atoms with Crippen LogP contribution in [0.25, 0.3) is 0 Å². The van der Waals surface area contributed by atoms with Gasteiger partial charge >= 0.3 is 0 Å². The van der Waals surface area contributed by atoms with E-state index in [9.17, 15) is 4.79 Å². The van der Waals surface area contributed by atoms with Gasteiger partial charge in [-0.15, -0.1) is 0 Å². The maximum absolute atomic E-state index is 11.4. The summed E-state index contributed by atoms with van der Waals surface area (Å²) < 4.78 is 0. The summed E-state index contributed by atoms with van der Waals surface area (Å²) in [5.41, 5.74) is 0. The van der Waals surface area contributed by atoms with Crippen molar-refractivity contribution in [1.82, 2.24) is 5.32 Å². The van der Waals surface area contributed by atoms with Crippen LogP contribution >= 0.6 is 0 Å². The molecule has 13 heavy (non-hydrogen) atoms. The Morgan fingerprint density at radius 2 is 1.92 bits per heavy atom. The Kier molecular flexibility index (Phi) is 1.28. The van der Waals surface area contributed by atoms with Crippen molar-refractivity contribution in [3.05, 3.63) is 0 Å². The summed E-state index contributed by atoms with van der Waals surface area (Å²) in [4.78, 5) is 11.4. The number of nitrogens with zero attached hydrogens (tertiary/aromatic N) is 1. The minimum Gasteiger partial charge on any atom is -0.274 e. The Hall–Kier alpha value is -1.04. The second-order valence-electron chi connectivity index (χ2n) is 4.61. The van der Waals surface area contributed by atoms with E-state index in [1.165, 1.54) is 19.3 Å². The maximum Gasteiger partial charge on any atom is 0.236 e. The zero-order valence-electron chi connectivity index (χ0n) is 7.36. The van der Waals surface area contributed by atoms with Crippen molar-refractivity contribution in [2.24, 2.45) is 29.6 Å². The number of fused-ring (bicyclic) bond motifs is 5. The molecule has 0 aromatic heterocycles. The fourth-order valence-corrected chi connectivity index (χ4v) is 3.81. The molecule has 3 fully saturated rings. The SMILES string of the molecule is N#CNC(=O)C1C2C3CCC(C3)C12. The van der Waals surface area contributed by atoms with Crippen LogP contribution in [0.1, 0.15) is 19.3 Å². The van der Waals surface area contributed by atoms with Crippen molar-refractivity contribution >= 4 is 5.91 Å². The molecule has 3 aliphatic carbocycles. The van der Waals surface area contributed by atoms with Crippen LogP contribution in [0.2, 0.25) is 0 Å². The molecule has 0 radical (unpaired) electrons. The summed E-state index contributed by atoms with van der Waals surface area (Å²) in [5.74, 6) is 3.09. The molecule has 1 amide bonds. The zero-order valence-corrected chi connectivity index (χ0v) is 7.36. The van der Waals surface area contributed by atoms with Gasteiger partial charge in [0.25, 0.3) is 0 Å². The fraction of sp³-hybridized carbons (Fsp3) is 0.800. The summed E-state index contributed by atoms with van der Waals surface area (Å²) in [6, 6.07) is 0. The van der Waals surface area contributed by atoms with Crippen molar-refractivity contribution in [2.75, 3.05) is 0 Å². The first-order valence-electron chi connectivity index (χ1n) is 5.02. The summed E-state index contributed by atoms with van der Waals surface area (Å²) in [6.45, 7) is 0. The molecule has 2 bridgehead atoms. The van der Waals surface area contributed by atoms with Gasteiger partial charge in [-0.3, -0.25) is 10.1 Å². The molecule has 3 nitrogen and oxygen atoms in total. The molecule has 0 aromatic carbocycles. The molecule has 3 rings (SSSR count). The average molecular weight is 176 g/mol. The molecule has 3 aliphatic rings. The second-order valence-corrected chi connectivity index (χ2v) is 4.61. The second kappa shape index (κ2) is 2.25. The van der Waals surface area contributed by atoms with Crippen LogP contribution < -0.4 is 5.32 Å². The van der Waals surface area contributed by atoms with Crippen LogP contribution in [0.5, 0.6) is 0 Å². The number of nitrogens with one attached hydrogen (secondary N) is 1. The van der Waals surface area contributed by atoms with Crippen LogP contribution in [0.15, 0.2) is 0 Å². The summed E-state index contributed by atoms with van der Waals surface area (Å²) >= 11 is 0. The first-order valence-corrected chi connectivity index (χ1v) is 5.02. The minimum atomic E-state index is -0.0194. The van der Waals surface area contributed by atoms with E-state index in [1.54, 1.807) is 6.19 Å². The van der Waals surface area contributed by atoms with Crippen molar-refractivity contribution in [3.8, 4) is 6.19 Å². The zero-order chi connectivity index (χ0) is 9.00. The molecule has 68 valence electrons. The van der Waals surface area contributed by atoms with Gasteiger partial charge < -0.3 is 0 Å². The molecule has 3 saturated carbocycles. The van der Waals surface area contributed by atoms with Crippen LogP contribution in [0.4, 0.5) is 0 Å². The van der Waals surface area contributed by atoms with Gasteiger partial charge in [0.15, 0.2) is 6.19 Å². The Balaban J connectivity index is 1.73. The van der Waals surface area contributed by atoms with Gasteiger partial charge in [-0.05, 0) is 42.9 Å². The Labute approximate surface area is 77.1 Å². The molecule has 0 heterocycles. The summed E-state index contributed by atoms with van der Waals surface area (Å²) in [7, 11) is 0. The lowest BCUT2D eigenvalue weighted by atomic mass is 10.0. The smallest absolute Gasteiger partial charge is 0.236 e. The molecule has 4 unspecified atom stereocenters. The monoisotopic (exact) mass is 176 g/mol. The van der Waals surface area contributed by atoms with E-state index in [-0.39, 0.29) is 11.8 Å². The third kappa shape index (κ3) is 0.810. The van der Waals surface area contributed by atoms with E-state index in [0.29, 0.717) is 11.8 Å². The minimum absolute atomic E-state index is 0.0194. The van der Waals surface area contributed by atoms with E-state index >= 15 is 0 Å². The van der Waals surface area contributed by atoms with Gasteiger partial charge in [0.2, 0.25) is 5.91 Å². The number of carbonyl (C=O) groups excluding carboxylic acids is 1. The van der Waals surface area contributed by atoms with Crippen LogP contribution in [0, 0.1) is 41.0 Å². The fourth-order valence-electron chi connectivity index (χ4n) is 3.81. The molecular formula is C10H12N2O. The molecule has 1 N–H and O–H groups in total. The molecule has 3 heteroatoms. The normalized spacial score (nSPS) is 49.6. The number of carbonyl (C=O) groups is 1. The molecular weight excluding hydrogens is 164 g/mol.